The van der Waals surface area contributed by atoms with Crippen LogP contribution in [0.2, 0.25) is 0 Å². The molecule has 3 unspecified atom stereocenters. The summed E-state index contributed by atoms with van der Waals surface area (Å²) in [5, 5.41) is 5.87. The highest BCUT2D eigenvalue weighted by molar-refractivity contribution is 6.00. The van der Waals surface area contributed by atoms with Gasteiger partial charge >= 0.3 is 0 Å². The first-order chi connectivity index (χ1) is 12.5. The van der Waals surface area contributed by atoms with E-state index in [0.29, 0.717) is 12.1 Å². The molecule has 4 heterocycles. The third-order valence-corrected chi connectivity index (χ3v) is 5.77. The lowest BCUT2D eigenvalue weighted by molar-refractivity contribution is -0.135. The Hall–Kier alpha value is -2.48. The fourth-order valence-corrected chi connectivity index (χ4v) is 4.45. The summed E-state index contributed by atoms with van der Waals surface area (Å²) in [5.74, 6) is -1.71. The van der Waals surface area contributed by atoms with Gasteiger partial charge in [-0.1, -0.05) is 0 Å². The number of piperidine rings is 2. The fourth-order valence-electron chi connectivity index (χ4n) is 4.45. The van der Waals surface area contributed by atoms with E-state index >= 15 is 4.39 Å². The van der Waals surface area contributed by atoms with Gasteiger partial charge in [0.15, 0.2) is 5.82 Å². The molecule has 3 aliphatic rings. The number of carbonyl (C=O) groups excluding carboxylic acids is 2. The van der Waals surface area contributed by atoms with Gasteiger partial charge in [0.25, 0.3) is 0 Å². The minimum absolute atomic E-state index is 0.153. The van der Waals surface area contributed by atoms with Crippen LogP contribution in [-0.4, -0.2) is 41.6 Å². The Bertz CT molecular complexity index is 927. The van der Waals surface area contributed by atoms with Crippen LogP contribution in [0.1, 0.15) is 25.3 Å². The van der Waals surface area contributed by atoms with Crippen molar-refractivity contribution in [2.75, 3.05) is 18.0 Å². The number of imide groups is 1. The summed E-state index contributed by atoms with van der Waals surface area (Å²) in [6, 6.07) is 1.02. The molecule has 0 aliphatic carbocycles. The van der Waals surface area contributed by atoms with Crippen LogP contribution < -0.4 is 15.5 Å². The highest BCUT2D eigenvalue weighted by Crippen LogP contribution is 2.39. The Labute approximate surface area is 148 Å². The number of hydrogen-bond acceptors (Lipinski definition) is 4. The zero-order valence-corrected chi connectivity index (χ0v) is 14.0. The van der Waals surface area contributed by atoms with E-state index in [1.54, 1.807) is 0 Å². The summed E-state index contributed by atoms with van der Waals surface area (Å²) >= 11 is 0. The minimum Gasteiger partial charge on any atom is -0.360 e. The molecule has 8 heteroatoms. The Balaban J connectivity index is 1.56. The van der Waals surface area contributed by atoms with Gasteiger partial charge in [0.2, 0.25) is 11.8 Å². The van der Waals surface area contributed by atoms with E-state index in [-0.39, 0.29) is 35.2 Å². The van der Waals surface area contributed by atoms with E-state index in [0.717, 1.165) is 19.5 Å². The third-order valence-electron chi connectivity index (χ3n) is 5.77. The molecule has 0 spiro atoms. The molecule has 26 heavy (non-hydrogen) atoms. The van der Waals surface area contributed by atoms with E-state index in [1.165, 1.54) is 23.0 Å². The van der Waals surface area contributed by atoms with E-state index in [9.17, 15) is 14.0 Å². The van der Waals surface area contributed by atoms with Crippen molar-refractivity contribution in [3.8, 4) is 0 Å². The first-order valence-corrected chi connectivity index (χ1v) is 8.85. The molecule has 2 aromatic rings. The normalized spacial score (nSPS) is 28.2. The van der Waals surface area contributed by atoms with Gasteiger partial charge in [-0.15, -0.1) is 0 Å². The molecule has 0 saturated carbocycles. The van der Waals surface area contributed by atoms with Crippen LogP contribution >= 0.6 is 0 Å². The van der Waals surface area contributed by atoms with Crippen molar-refractivity contribution in [3.63, 3.8) is 0 Å². The summed E-state index contributed by atoms with van der Waals surface area (Å²) in [6.07, 6.45) is 4.46. The lowest BCUT2D eigenvalue weighted by atomic mass is 9.87. The Morgan fingerprint density at radius 2 is 1.81 bits per heavy atom. The number of nitrogens with zero attached hydrogens (tertiary/aromatic N) is 2. The summed E-state index contributed by atoms with van der Waals surface area (Å²) in [7, 11) is 0. The summed E-state index contributed by atoms with van der Waals surface area (Å²) < 4.78 is 31.4. The van der Waals surface area contributed by atoms with Crippen molar-refractivity contribution in [1.29, 1.82) is 0 Å². The van der Waals surface area contributed by atoms with E-state index in [1.807, 2.05) is 4.90 Å². The number of anilines is 1. The van der Waals surface area contributed by atoms with Crippen LogP contribution in [0, 0.1) is 11.6 Å². The molecule has 2 bridgehead atoms. The van der Waals surface area contributed by atoms with E-state index < -0.39 is 23.6 Å². The molecule has 3 atom stereocenters. The molecule has 0 radical (unpaired) electrons. The second-order valence-corrected chi connectivity index (χ2v) is 7.30. The molecule has 3 saturated heterocycles. The molecule has 3 fully saturated rings. The molecule has 2 N–H and O–H groups in total. The predicted molar refractivity (Wildman–Crippen MR) is 90.8 cm³/mol. The Kier molecular flexibility index (Phi) is 3.34. The van der Waals surface area contributed by atoms with Crippen molar-refractivity contribution >= 4 is 28.3 Å². The minimum atomic E-state index is -0.630. The summed E-state index contributed by atoms with van der Waals surface area (Å²) in [5.41, 5.74) is 0.291. The second-order valence-electron chi connectivity index (χ2n) is 7.30. The average Bonchev–Trinajstić information content (AvgIpc) is 3.06. The molecule has 5 rings (SSSR count). The van der Waals surface area contributed by atoms with Crippen LogP contribution in [-0.2, 0) is 9.59 Å². The summed E-state index contributed by atoms with van der Waals surface area (Å²) in [4.78, 5) is 25.3. The maximum absolute atomic E-state index is 15.2. The number of carbonyl (C=O) groups is 2. The SMILES string of the molecule is O=C1CCC(n2cc3c(F)cc(N4C5CNCC4C5)c(F)c3c2)C(=O)N1. The Morgan fingerprint density at radius 1 is 1.08 bits per heavy atom. The maximum Gasteiger partial charge on any atom is 0.249 e. The van der Waals surface area contributed by atoms with Crippen molar-refractivity contribution in [2.45, 2.75) is 37.4 Å². The molecular weight excluding hydrogens is 342 g/mol. The zero-order valence-electron chi connectivity index (χ0n) is 14.0. The molecule has 6 nitrogen and oxygen atoms in total. The fraction of sp³-hybridized carbons (Fsp3) is 0.444. The van der Waals surface area contributed by atoms with Crippen molar-refractivity contribution in [1.82, 2.24) is 15.2 Å². The largest absolute Gasteiger partial charge is 0.360 e. The van der Waals surface area contributed by atoms with Gasteiger partial charge in [-0.3, -0.25) is 14.9 Å². The summed E-state index contributed by atoms with van der Waals surface area (Å²) in [6.45, 7) is 1.54. The van der Waals surface area contributed by atoms with Crippen molar-refractivity contribution in [3.05, 3.63) is 30.1 Å². The van der Waals surface area contributed by atoms with Gasteiger partial charge in [-0.25, -0.2) is 8.78 Å². The number of amides is 2. The molecule has 136 valence electrons. The molecule has 1 aromatic carbocycles. The van der Waals surface area contributed by atoms with E-state index in [2.05, 4.69) is 10.6 Å². The van der Waals surface area contributed by atoms with Gasteiger partial charge in [0.1, 0.15) is 11.9 Å². The Morgan fingerprint density at radius 3 is 2.50 bits per heavy atom. The van der Waals surface area contributed by atoms with Crippen molar-refractivity contribution in [2.24, 2.45) is 0 Å². The number of benzene rings is 1. The topological polar surface area (TPSA) is 66.4 Å². The zero-order chi connectivity index (χ0) is 18.0. The first kappa shape index (κ1) is 15.7. The average molecular weight is 360 g/mol. The lowest BCUT2D eigenvalue weighted by Crippen LogP contribution is -2.68. The molecule has 1 aromatic heterocycles. The molecular formula is C18H18F2N4O2. The quantitative estimate of drug-likeness (QED) is 0.796. The number of rotatable bonds is 2. The number of hydrogen-bond donors (Lipinski definition) is 2. The number of piperazine rings is 1. The smallest absolute Gasteiger partial charge is 0.249 e. The number of halogens is 2. The second kappa shape index (κ2) is 5.51. The van der Waals surface area contributed by atoms with Crippen LogP contribution in [0.4, 0.5) is 14.5 Å². The van der Waals surface area contributed by atoms with Gasteiger partial charge in [-0.2, -0.15) is 0 Å². The molecule has 3 aliphatic heterocycles. The predicted octanol–water partition coefficient (Wildman–Crippen LogP) is 1.45. The lowest BCUT2D eigenvalue weighted by Gasteiger charge is -2.54. The highest BCUT2D eigenvalue weighted by Gasteiger charge is 2.43. The van der Waals surface area contributed by atoms with Gasteiger partial charge < -0.3 is 14.8 Å². The van der Waals surface area contributed by atoms with Crippen LogP contribution in [0.15, 0.2) is 18.5 Å². The van der Waals surface area contributed by atoms with Crippen LogP contribution in [0.5, 0.6) is 0 Å². The molecule has 2 amide bonds. The standard InChI is InChI=1S/C18H18F2N4O2/c19-13-4-15(24-9-3-10(24)6-21-5-9)17(20)12-8-23(7-11(12)13)14-1-2-16(25)22-18(14)26/h4,7-10,14,21H,1-3,5-6H2,(H,22,25,26). The van der Waals surface area contributed by atoms with Crippen LogP contribution in [0.3, 0.4) is 0 Å². The van der Waals surface area contributed by atoms with Crippen LogP contribution in [0.25, 0.3) is 10.8 Å². The number of nitrogens with one attached hydrogen (secondary N) is 2. The van der Waals surface area contributed by atoms with Gasteiger partial charge in [-0.05, 0) is 12.8 Å². The monoisotopic (exact) mass is 360 g/mol. The van der Waals surface area contributed by atoms with Gasteiger partial charge in [0.05, 0.1) is 5.69 Å². The van der Waals surface area contributed by atoms with Crippen molar-refractivity contribution < 1.29 is 18.4 Å². The van der Waals surface area contributed by atoms with E-state index in [4.69, 9.17) is 0 Å². The first-order valence-electron chi connectivity index (χ1n) is 8.85. The number of fused-ring (bicyclic) bond motifs is 3. The third kappa shape index (κ3) is 2.18. The highest BCUT2D eigenvalue weighted by atomic mass is 19.1. The maximum atomic E-state index is 15.2. The number of aromatic nitrogens is 1. The van der Waals surface area contributed by atoms with Gasteiger partial charge in [0, 0.05) is 60.8 Å².